The van der Waals surface area contributed by atoms with Crippen molar-refractivity contribution >= 4 is 22.4 Å². The number of benzene rings is 1. The second-order valence-corrected chi connectivity index (χ2v) is 12.2. The highest BCUT2D eigenvalue weighted by atomic mass is 16.5. The Hall–Kier alpha value is -3.46. The summed E-state index contributed by atoms with van der Waals surface area (Å²) in [5.41, 5.74) is 5.74. The second-order valence-electron chi connectivity index (χ2n) is 12.2. The van der Waals surface area contributed by atoms with Crippen LogP contribution in [0.2, 0.25) is 0 Å². The van der Waals surface area contributed by atoms with E-state index in [1.807, 2.05) is 20.3 Å². The van der Waals surface area contributed by atoms with Gasteiger partial charge in [-0.3, -0.25) is 0 Å². The summed E-state index contributed by atoms with van der Waals surface area (Å²) in [5.74, 6) is 0.952. The molecule has 3 aromatic rings. The molecule has 1 aromatic carbocycles. The first-order valence-corrected chi connectivity index (χ1v) is 15.3. The highest BCUT2D eigenvalue weighted by molar-refractivity contribution is 5.94. The van der Waals surface area contributed by atoms with E-state index in [0.717, 1.165) is 87.4 Å². The normalized spacial score (nSPS) is 21.8. The Morgan fingerprint density at radius 2 is 2.10 bits per heavy atom. The molecule has 3 aliphatic heterocycles. The van der Waals surface area contributed by atoms with Gasteiger partial charge in [-0.2, -0.15) is 20.3 Å². The number of piperazine rings is 1. The molecule has 3 atom stereocenters. The third kappa shape index (κ3) is 5.89. The SMILES string of the molecule is Cc1ccc2c(cnn2C2CCCCO2)c1N1CCc2c(nc(OC(C)CN(C)C)nc2N2CCNC(CC#N)C2)C1. The maximum absolute atomic E-state index is 9.32. The number of nitrogens with one attached hydrogen (secondary N) is 1. The van der Waals surface area contributed by atoms with Gasteiger partial charge < -0.3 is 29.5 Å². The Kier molecular flexibility index (Phi) is 8.47. The summed E-state index contributed by atoms with van der Waals surface area (Å²) in [6.07, 6.45) is 6.53. The summed E-state index contributed by atoms with van der Waals surface area (Å²) in [6.45, 7) is 9.73. The zero-order chi connectivity index (χ0) is 29.2. The molecule has 3 aliphatic rings. The number of hydrogen-bond donors (Lipinski definition) is 1. The highest BCUT2D eigenvalue weighted by Gasteiger charge is 2.30. The fourth-order valence-corrected chi connectivity index (χ4v) is 6.67. The van der Waals surface area contributed by atoms with Gasteiger partial charge >= 0.3 is 6.01 Å². The van der Waals surface area contributed by atoms with E-state index in [2.05, 4.69) is 56.7 Å². The average molecular weight is 574 g/mol. The number of anilines is 2. The van der Waals surface area contributed by atoms with Gasteiger partial charge in [0.05, 0.1) is 42.1 Å². The molecular formula is C31H43N9O2. The van der Waals surface area contributed by atoms with Crippen LogP contribution in [0.25, 0.3) is 10.9 Å². The number of nitrogens with zero attached hydrogens (tertiary/aromatic N) is 8. The summed E-state index contributed by atoms with van der Waals surface area (Å²) in [5, 5.41) is 18.8. The van der Waals surface area contributed by atoms with Crippen LogP contribution in [0.3, 0.4) is 0 Å². The van der Waals surface area contributed by atoms with Gasteiger partial charge in [-0.15, -0.1) is 0 Å². The van der Waals surface area contributed by atoms with E-state index in [-0.39, 0.29) is 18.4 Å². The number of hydrogen-bond acceptors (Lipinski definition) is 10. The number of ether oxygens (including phenoxy) is 2. The van der Waals surface area contributed by atoms with Crippen LogP contribution in [0.4, 0.5) is 11.5 Å². The van der Waals surface area contributed by atoms with E-state index in [1.165, 1.54) is 16.8 Å². The Bertz CT molecular complexity index is 1440. The van der Waals surface area contributed by atoms with Crippen LogP contribution >= 0.6 is 0 Å². The lowest BCUT2D eigenvalue weighted by molar-refractivity contribution is -0.0366. The molecule has 0 saturated carbocycles. The zero-order valence-electron chi connectivity index (χ0n) is 25.3. The molecule has 0 bridgehead atoms. The summed E-state index contributed by atoms with van der Waals surface area (Å²) < 4.78 is 14.4. The first-order valence-electron chi connectivity index (χ1n) is 15.3. The van der Waals surface area contributed by atoms with Crippen molar-refractivity contribution < 1.29 is 9.47 Å². The lowest BCUT2D eigenvalue weighted by atomic mass is 10.0. The molecule has 2 saturated heterocycles. The fourth-order valence-electron chi connectivity index (χ4n) is 6.67. The summed E-state index contributed by atoms with van der Waals surface area (Å²) in [7, 11) is 4.08. The monoisotopic (exact) mass is 573 g/mol. The van der Waals surface area contributed by atoms with Crippen molar-refractivity contribution in [1.82, 2.24) is 30.0 Å². The first-order chi connectivity index (χ1) is 20.4. The molecule has 5 heterocycles. The number of nitriles is 1. The van der Waals surface area contributed by atoms with Crippen LogP contribution in [0.15, 0.2) is 18.3 Å². The summed E-state index contributed by atoms with van der Waals surface area (Å²) in [6, 6.07) is 7.25. The van der Waals surface area contributed by atoms with Crippen molar-refractivity contribution in [3.63, 3.8) is 0 Å². The van der Waals surface area contributed by atoms with Crippen molar-refractivity contribution in [2.24, 2.45) is 0 Å². The number of fused-ring (bicyclic) bond motifs is 2. The van der Waals surface area contributed by atoms with E-state index in [4.69, 9.17) is 24.5 Å². The average Bonchev–Trinajstić information content (AvgIpc) is 3.41. The molecule has 2 aromatic heterocycles. The van der Waals surface area contributed by atoms with Gasteiger partial charge in [0, 0.05) is 56.3 Å². The Balaban J connectivity index is 1.34. The van der Waals surface area contributed by atoms with E-state index >= 15 is 0 Å². The predicted octanol–water partition coefficient (Wildman–Crippen LogP) is 3.42. The molecule has 1 N–H and O–H groups in total. The molecule has 224 valence electrons. The molecule has 6 rings (SSSR count). The van der Waals surface area contributed by atoms with Gasteiger partial charge in [0.15, 0.2) is 6.23 Å². The number of aryl methyl sites for hydroxylation is 1. The first kappa shape index (κ1) is 28.6. The van der Waals surface area contributed by atoms with Crippen LogP contribution in [-0.4, -0.2) is 90.2 Å². The predicted molar refractivity (Wildman–Crippen MR) is 163 cm³/mol. The van der Waals surface area contributed by atoms with Crippen molar-refractivity contribution in [2.45, 2.75) is 70.9 Å². The maximum atomic E-state index is 9.32. The highest BCUT2D eigenvalue weighted by Crippen LogP contribution is 2.37. The lowest BCUT2D eigenvalue weighted by Gasteiger charge is -2.37. The number of likely N-dealkylation sites (N-methyl/N-ethyl adjacent to an activating group) is 1. The van der Waals surface area contributed by atoms with Gasteiger partial charge in [-0.05, 0) is 65.3 Å². The standard InChI is InChI=1S/C31H43N9O2/c1-21-8-9-27-25(17-34-40(27)28-7-5-6-16-41-28)29(21)38-14-11-24-26(20-38)35-31(42-22(2)18-37(3)4)36-30(24)39-15-13-33-23(19-39)10-12-32/h8-9,17,22-23,28,33H,5-7,10-11,13-16,18-20H2,1-4H3. The van der Waals surface area contributed by atoms with Crippen LogP contribution in [-0.2, 0) is 17.7 Å². The van der Waals surface area contributed by atoms with Crippen molar-refractivity contribution in [2.75, 3.05) is 63.2 Å². The quantitative estimate of drug-likeness (QED) is 0.431. The van der Waals surface area contributed by atoms with Crippen molar-refractivity contribution in [3.05, 3.63) is 35.2 Å². The Morgan fingerprint density at radius 1 is 1.21 bits per heavy atom. The van der Waals surface area contributed by atoms with Crippen molar-refractivity contribution in [3.8, 4) is 12.1 Å². The zero-order valence-corrected chi connectivity index (χ0v) is 25.3. The minimum Gasteiger partial charge on any atom is -0.459 e. The summed E-state index contributed by atoms with van der Waals surface area (Å²) >= 11 is 0. The van der Waals surface area contributed by atoms with Crippen LogP contribution in [0, 0.1) is 18.3 Å². The van der Waals surface area contributed by atoms with Crippen LogP contribution < -0.4 is 19.9 Å². The van der Waals surface area contributed by atoms with Crippen molar-refractivity contribution in [1.29, 1.82) is 5.26 Å². The van der Waals surface area contributed by atoms with Gasteiger partial charge in [0.25, 0.3) is 0 Å². The Labute approximate surface area is 248 Å². The van der Waals surface area contributed by atoms with Gasteiger partial charge in [0.1, 0.15) is 11.9 Å². The van der Waals surface area contributed by atoms with E-state index in [0.29, 0.717) is 19.0 Å². The molecule has 3 unspecified atom stereocenters. The number of rotatable bonds is 8. The minimum atomic E-state index is -0.0520. The van der Waals surface area contributed by atoms with Crippen LogP contribution in [0.5, 0.6) is 6.01 Å². The van der Waals surface area contributed by atoms with E-state index in [1.54, 1.807) is 0 Å². The topological polar surface area (TPSA) is 108 Å². The van der Waals surface area contributed by atoms with E-state index in [9.17, 15) is 5.26 Å². The van der Waals surface area contributed by atoms with E-state index < -0.39 is 0 Å². The molecule has 0 amide bonds. The molecule has 0 aliphatic carbocycles. The molecule has 2 fully saturated rings. The third-order valence-corrected chi connectivity index (χ3v) is 8.54. The lowest BCUT2D eigenvalue weighted by Crippen LogP contribution is -2.51. The Morgan fingerprint density at radius 3 is 2.88 bits per heavy atom. The molecular weight excluding hydrogens is 530 g/mol. The molecule has 0 radical (unpaired) electrons. The van der Waals surface area contributed by atoms with Gasteiger partial charge in [0.2, 0.25) is 0 Å². The largest absolute Gasteiger partial charge is 0.459 e. The van der Waals surface area contributed by atoms with Gasteiger partial charge in [-0.25, -0.2) is 4.68 Å². The smallest absolute Gasteiger partial charge is 0.318 e. The second kappa shape index (κ2) is 12.4. The fraction of sp³-hybridized carbons (Fsp3) is 0.613. The molecule has 11 nitrogen and oxygen atoms in total. The third-order valence-electron chi connectivity index (χ3n) is 8.54. The summed E-state index contributed by atoms with van der Waals surface area (Å²) in [4.78, 5) is 16.9. The van der Waals surface area contributed by atoms with Gasteiger partial charge in [-0.1, -0.05) is 6.07 Å². The molecule has 42 heavy (non-hydrogen) atoms. The van der Waals surface area contributed by atoms with Crippen LogP contribution in [0.1, 0.15) is 55.7 Å². The molecule has 11 heteroatoms. The minimum absolute atomic E-state index is 0.00283. The molecule has 0 spiro atoms. The number of aromatic nitrogens is 4. The maximum Gasteiger partial charge on any atom is 0.318 e.